The first-order valence-electron chi connectivity index (χ1n) is 8.81. The molecule has 142 valence electrons. The second kappa shape index (κ2) is 7.82. The number of carbonyl (C=O) groups excluding carboxylic acids is 2. The van der Waals surface area contributed by atoms with E-state index in [0.717, 1.165) is 22.4 Å². The summed E-state index contributed by atoms with van der Waals surface area (Å²) in [7, 11) is 0. The number of primary amides is 1. The minimum atomic E-state index is -0.471. The van der Waals surface area contributed by atoms with E-state index in [-0.39, 0.29) is 0 Å². The number of rotatable bonds is 6. The first-order chi connectivity index (χ1) is 14.1. The molecule has 0 aliphatic heterocycles. The lowest BCUT2D eigenvalue weighted by Crippen LogP contribution is -2.10. The van der Waals surface area contributed by atoms with Gasteiger partial charge in [0.15, 0.2) is 5.76 Å². The lowest BCUT2D eigenvalue weighted by molar-refractivity contribution is -0.120. The largest absolute Gasteiger partial charge is 0.463 e. The van der Waals surface area contributed by atoms with Crippen LogP contribution in [0.1, 0.15) is 10.4 Å². The summed E-state index contributed by atoms with van der Waals surface area (Å²) < 4.78 is 10.4. The molecule has 6 heteroatoms. The van der Waals surface area contributed by atoms with Crippen LogP contribution in [-0.4, -0.2) is 17.4 Å². The second-order valence-electron chi connectivity index (χ2n) is 6.28. The summed E-state index contributed by atoms with van der Waals surface area (Å²) in [6, 6.07) is 21.6. The SMILES string of the molecule is NC(=O)c1ccc(-c2cc(-c3ccc(OC=O)cc3)nc(-c3ccco3)c2)cc1. The van der Waals surface area contributed by atoms with Crippen LogP contribution in [0.25, 0.3) is 33.8 Å². The highest BCUT2D eigenvalue weighted by Crippen LogP contribution is 2.31. The van der Waals surface area contributed by atoms with E-state index in [1.54, 1.807) is 36.6 Å². The highest BCUT2D eigenvalue weighted by Gasteiger charge is 2.11. The van der Waals surface area contributed by atoms with E-state index < -0.39 is 5.91 Å². The predicted octanol–water partition coefficient (Wildman–Crippen LogP) is 4.31. The second-order valence-corrected chi connectivity index (χ2v) is 6.28. The van der Waals surface area contributed by atoms with Crippen molar-refractivity contribution < 1.29 is 18.7 Å². The first-order valence-corrected chi connectivity index (χ1v) is 8.81. The number of carbonyl (C=O) groups is 2. The van der Waals surface area contributed by atoms with Gasteiger partial charge >= 0.3 is 0 Å². The third kappa shape index (κ3) is 3.91. The maximum atomic E-state index is 11.3. The molecule has 2 aromatic carbocycles. The van der Waals surface area contributed by atoms with E-state index in [1.807, 2.05) is 42.5 Å². The van der Waals surface area contributed by atoms with E-state index in [2.05, 4.69) is 0 Å². The molecule has 2 heterocycles. The van der Waals surface area contributed by atoms with Crippen LogP contribution in [-0.2, 0) is 4.79 Å². The van der Waals surface area contributed by atoms with Crippen LogP contribution in [0.15, 0.2) is 83.5 Å². The molecule has 0 saturated heterocycles. The fraction of sp³-hybridized carbons (Fsp3) is 0. The quantitative estimate of drug-likeness (QED) is 0.500. The van der Waals surface area contributed by atoms with Crippen molar-refractivity contribution in [1.29, 1.82) is 0 Å². The first kappa shape index (κ1) is 18.2. The number of nitrogens with zero attached hydrogens (tertiary/aromatic N) is 1. The Balaban J connectivity index is 1.80. The molecule has 2 aromatic heterocycles. The maximum absolute atomic E-state index is 11.3. The van der Waals surface area contributed by atoms with Crippen molar-refractivity contribution in [3.05, 3.63) is 84.6 Å². The number of nitrogens with two attached hydrogens (primary N) is 1. The normalized spacial score (nSPS) is 10.5. The molecule has 6 nitrogen and oxygen atoms in total. The Morgan fingerprint density at radius 3 is 2.21 bits per heavy atom. The number of benzene rings is 2. The summed E-state index contributed by atoms with van der Waals surface area (Å²) in [4.78, 5) is 26.6. The fourth-order valence-corrected chi connectivity index (χ4v) is 2.98. The summed E-state index contributed by atoms with van der Waals surface area (Å²) in [5.74, 6) is 0.622. The van der Waals surface area contributed by atoms with Crippen molar-refractivity contribution in [2.75, 3.05) is 0 Å². The molecule has 0 bridgehead atoms. The van der Waals surface area contributed by atoms with Crippen molar-refractivity contribution in [2.24, 2.45) is 5.73 Å². The molecule has 4 aromatic rings. The average Bonchev–Trinajstić information content (AvgIpc) is 3.29. The Kier molecular flexibility index (Phi) is 4.90. The average molecular weight is 384 g/mol. The molecule has 0 saturated carbocycles. The zero-order chi connectivity index (χ0) is 20.2. The number of amides is 1. The molecule has 0 atom stereocenters. The van der Waals surface area contributed by atoms with Crippen LogP contribution in [0, 0.1) is 0 Å². The Morgan fingerprint density at radius 1 is 0.897 bits per heavy atom. The summed E-state index contributed by atoms with van der Waals surface area (Å²) in [6.07, 6.45) is 1.59. The number of hydrogen-bond donors (Lipinski definition) is 1. The maximum Gasteiger partial charge on any atom is 0.298 e. The zero-order valence-electron chi connectivity index (χ0n) is 15.2. The summed E-state index contributed by atoms with van der Waals surface area (Å²) in [6.45, 7) is 0.388. The fourth-order valence-electron chi connectivity index (χ4n) is 2.98. The summed E-state index contributed by atoms with van der Waals surface area (Å²) >= 11 is 0. The number of aromatic nitrogens is 1. The Morgan fingerprint density at radius 2 is 1.59 bits per heavy atom. The van der Waals surface area contributed by atoms with Gasteiger partial charge in [-0.1, -0.05) is 12.1 Å². The predicted molar refractivity (Wildman–Crippen MR) is 108 cm³/mol. The van der Waals surface area contributed by atoms with Gasteiger partial charge in [-0.25, -0.2) is 4.98 Å². The molecule has 29 heavy (non-hydrogen) atoms. The van der Waals surface area contributed by atoms with E-state index in [4.69, 9.17) is 19.9 Å². The number of pyridine rings is 1. The highest BCUT2D eigenvalue weighted by molar-refractivity contribution is 5.93. The van der Waals surface area contributed by atoms with Crippen molar-refractivity contribution in [3.8, 4) is 39.6 Å². The molecule has 0 spiro atoms. The molecule has 4 rings (SSSR count). The minimum Gasteiger partial charge on any atom is -0.463 e. The van der Waals surface area contributed by atoms with Crippen molar-refractivity contribution in [1.82, 2.24) is 4.98 Å². The lowest BCUT2D eigenvalue weighted by atomic mass is 10.0. The van der Waals surface area contributed by atoms with Gasteiger partial charge in [0.1, 0.15) is 11.4 Å². The molecule has 0 aliphatic rings. The van der Waals surface area contributed by atoms with Gasteiger partial charge in [-0.15, -0.1) is 0 Å². The molecule has 0 aliphatic carbocycles. The van der Waals surface area contributed by atoms with Gasteiger partial charge in [-0.3, -0.25) is 9.59 Å². The van der Waals surface area contributed by atoms with Crippen LogP contribution in [0.5, 0.6) is 5.75 Å². The Bertz CT molecular complexity index is 1150. The topological polar surface area (TPSA) is 95.4 Å². The van der Waals surface area contributed by atoms with Gasteiger partial charge in [0.2, 0.25) is 5.91 Å². The third-order valence-electron chi connectivity index (χ3n) is 4.44. The van der Waals surface area contributed by atoms with E-state index in [9.17, 15) is 9.59 Å². The smallest absolute Gasteiger partial charge is 0.298 e. The minimum absolute atomic E-state index is 0.388. The monoisotopic (exact) mass is 384 g/mol. The highest BCUT2D eigenvalue weighted by atomic mass is 16.5. The van der Waals surface area contributed by atoms with Crippen LogP contribution in [0.4, 0.5) is 0 Å². The van der Waals surface area contributed by atoms with Crippen molar-refractivity contribution in [3.63, 3.8) is 0 Å². The van der Waals surface area contributed by atoms with Gasteiger partial charge in [0, 0.05) is 11.1 Å². The van der Waals surface area contributed by atoms with Crippen LogP contribution >= 0.6 is 0 Å². The van der Waals surface area contributed by atoms with E-state index in [0.29, 0.717) is 29.2 Å². The van der Waals surface area contributed by atoms with Gasteiger partial charge in [-0.05, 0) is 71.8 Å². The third-order valence-corrected chi connectivity index (χ3v) is 4.44. The molecular formula is C23H16N2O4. The molecule has 1 amide bonds. The van der Waals surface area contributed by atoms with Crippen LogP contribution in [0.2, 0.25) is 0 Å². The lowest BCUT2D eigenvalue weighted by Gasteiger charge is -2.10. The van der Waals surface area contributed by atoms with Gasteiger partial charge in [0.25, 0.3) is 6.47 Å². The van der Waals surface area contributed by atoms with Crippen molar-refractivity contribution in [2.45, 2.75) is 0 Å². The molecule has 0 radical (unpaired) electrons. The van der Waals surface area contributed by atoms with Gasteiger partial charge in [0.05, 0.1) is 12.0 Å². The zero-order valence-corrected chi connectivity index (χ0v) is 15.2. The molecule has 0 unspecified atom stereocenters. The number of furan rings is 1. The van der Waals surface area contributed by atoms with E-state index >= 15 is 0 Å². The van der Waals surface area contributed by atoms with Crippen molar-refractivity contribution >= 4 is 12.4 Å². The molecule has 2 N–H and O–H groups in total. The van der Waals surface area contributed by atoms with Crippen LogP contribution in [0.3, 0.4) is 0 Å². The molecule has 0 fully saturated rings. The van der Waals surface area contributed by atoms with Crippen LogP contribution < -0.4 is 10.5 Å². The van der Waals surface area contributed by atoms with Gasteiger partial charge in [-0.2, -0.15) is 0 Å². The number of hydrogen-bond acceptors (Lipinski definition) is 5. The summed E-state index contributed by atoms with van der Waals surface area (Å²) in [5, 5.41) is 0. The summed E-state index contributed by atoms with van der Waals surface area (Å²) in [5.41, 5.74) is 9.85. The standard InChI is InChI=1S/C23H16N2O4/c24-23(27)17-5-3-15(4-6-17)18-12-20(16-7-9-19(10-8-16)29-14-26)25-21(13-18)22-2-1-11-28-22/h1-14H,(H2,24,27). The van der Waals surface area contributed by atoms with E-state index in [1.165, 1.54) is 0 Å². The Labute approximate surface area is 166 Å². The Hall–Kier alpha value is -4.19. The number of ether oxygens (including phenoxy) is 1. The van der Waals surface area contributed by atoms with Gasteiger partial charge < -0.3 is 14.9 Å². The molecular weight excluding hydrogens is 368 g/mol.